The van der Waals surface area contributed by atoms with Crippen molar-refractivity contribution >= 4 is 11.8 Å². The fraction of sp³-hybridized carbons (Fsp3) is 0.867. The number of hydrogen-bond acceptors (Lipinski definition) is 3. The average Bonchev–Trinajstić information content (AvgIpc) is 2.35. The maximum atomic E-state index is 12.6. The molecular formula is C15H28N2O3. The molecule has 1 rings (SSSR count). The van der Waals surface area contributed by atoms with E-state index in [2.05, 4.69) is 19.2 Å². The minimum atomic E-state index is -0.781. The van der Waals surface area contributed by atoms with Crippen LogP contribution < -0.4 is 5.32 Å². The minimum Gasteiger partial charge on any atom is -0.382 e. The standard InChI is InChI=1S/C15H28N2O3/c1-6-20-9-7-8-17-13(18)12(10-11(2)3)16-14(19)15(17,4)5/h11-12H,6-10H2,1-5H3,(H,16,19). The van der Waals surface area contributed by atoms with Crippen LogP contribution in [0.1, 0.15) is 47.5 Å². The molecule has 0 spiro atoms. The first kappa shape index (κ1) is 17.0. The summed E-state index contributed by atoms with van der Waals surface area (Å²) in [6.45, 7) is 11.5. The summed E-state index contributed by atoms with van der Waals surface area (Å²) in [6.07, 6.45) is 1.44. The third kappa shape index (κ3) is 3.95. The highest BCUT2D eigenvalue weighted by molar-refractivity contribution is 5.99. The lowest BCUT2D eigenvalue weighted by Crippen LogP contribution is -2.68. The van der Waals surface area contributed by atoms with Crippen LogP contribution in [-0.2, 0) is 14.3 Å². The Labute approximate surface area is 122 Å². The molecule has 5 heteroatoms. The van der Waals surface area contributed by atoms with Gasteiger partial charge in [-0.1, -0.05) is 13.8 Å². The molecule has 1 N–H and O–H groups in total. The molecule has 0 aromatic rings. The predicted octanol–water partition coefficient (Wildman–Crippen LogP) is 1.56. The first-order chi connectivity index (χ1) is 9.30. The smallest absolute Gasteiger partial charge is 0.246 e. The molecule has 1 atom stereocenters. The van der Waals surface area contributed by atoms with Crippen molar-refractivity contribution in [1.29, 1.82) is 0 Å². The van der Waals surface area contributed by atoms with E-state index in [9.17, 15) is 9.59 Å². The van der Waals surface area contributed by atoms with Crippen LogP contribution >= 0.6 is 0 Å². The van der Waals surface area contributed by atoms with Crippen LogP contribution in [0.15, 0.2) is 0 Å². The molecular weight excluding hydrogens is 256 g/mol. The summed E-state index contributed by atoms with van der Waals surface area (Å²) in [6, 6.07) is -0.386. The molecule has 1 unspecified atom stereocenters. The van der Waals surface area contributed by atoms with Gasteiger partial charge >= 0.3 is 0 Å². The monoisotopic (exact) mass is 284 g/mol. The number of piperazine rings is 1. The molecule has 1 heterocycles. The number of rotatable bonds is 7. The van der Waals surface area contributed by atoms with Crippen LogP contribution in [0, 0.1) is 5.92 Å². The van der Waals surface area contributed by atoms with Crippen molar-refractivity contribution in [2.75, 3.05) is 19.8 Å². The molecule has 20 heavy (non-hydrogen) atoms. The molecule has 5 nitrogen and oxygen atoms in total. The predicted molar refractivity (Wildman–Crippen MR) is 78.3 cm³/mol. The minimum absolute atomic E-state index is 0.0276. The Hall–Kier alpha value is -1.10. The molecule has 1 fully saturated rings. The summed E-state index contributed by atoms with van der Waals surface area (Å²) in [5, 5.41) is 2.86. The SMILES string of the molecule is CCOCCCN1C(=O)C(CC(C)C)NC(=O)C1(C)C. The van der Waals surface area contributed by atoms with Gasteiger partial charge in [-0.05, 0) is 39.5 Å². The highest BCUT2D eigenvalue weighted by Gasteiger charge is 2.45. The maximum absolute atomic E-state index is 12.6. The van der Waals surface area contributed by atoms with Crippen LogP contribution in [-0.4, -0.2) is 48.1 Å². The van der Waals surface area contributed by atoms with Gasteiger partial charge in [-0.2, -0.15) is 0 Å². The van der Waals surface area contributed by atoms with Gasteiger partial charge in [0.15, 0.2) is 0 Å². The average molecular weight is 284 g/mol. The summed E-state index contributed by atoms with van der Waals surface area (Å²) < 4.78 is 5.31. The van der Waals surface area contributed by atoms with Gasteiger partial charge in [0, 0.05) is 19.8 Å². The van der Waals surface area contributed by atoms with Crippen LogP contribution in [0.2, 0.25) is 0 Å². The van der Waals surface area contributed by atoms with E-state index in [0.29, 0.717) is 32.1 Å². The Morgan fingerprint density at radius 2 is 2.00 bits per heavy atom. The van der Waals surface area contributed by atoms with E-state index >= 15 is 0 Å². The second kappa shape index (κ2) is 7.07. The Morgan fingerprint density at radius 3 is 2.55 bits per heavy atom. The first-order valence-electron chi connectivity index (χ1n) is 7.50. The molecule has 0 aromatic carbocycles. The topological polar surface area (TPSA) is 58.6 Å². The Bertz CT molecular complexity index is 353. The van der Waals surface area contributed by atoms with Gasteiger partial charge in [-0.15, -0.1) is 0 Å². The molecule has 1 saturated heterocycles. The van der Waals surface area contributed by atoms with Gasteiger partial charge in [0.1, 0.15) is 11.6 Å². The number of amides is 2. The largest absolute Gasteiger partial charge is 0.382 e. The molecule has 0 aromatic heterocycles. The molecule has 0 bridgehead atoms. The van der Waals surface area contributed by atoms with Crippen molar-refractivity contribution in [2.45, 2.75) is 59.0 Å². The highest BCUT2D eigenvalue weighted by atomic mass is 16.5. The van der Waals surface area contributed by atoms with Gasteiger partial charge < -0.3 is 15.0 Å². The fourth-order valence-electron chi connectivity index (χ4n) is 2.47. The van der Waals surface area contributed by atoms with Crippen LogP contribution in [0.4, 0.5) is 0 Å². The van der Waals surface area contributed by atoms with Crippen molar-refractivity contribution in [3.05, 3.63) is 0 Å². The zero-order chi connectivity index (χ0) is 15.3. The molecule has 1 aliphatic rings. The van der Waals surface area contributed by atoms with Crippen molar-refractivity contribution in [3.63, 3.8) is 0 Å². The number of ether oxygens (including phenoxy) is 1. The van der Waals surface area contributed by atoms with E-state index in [1.165, 1.54) is 0 Å². The number of carbonyl (C=O) groups is 2. The summed E-state index contributed by atoms with van der Waals surface area (Å²) >= 11 is 0. The molecule has 0 radical (unpaired) electrons. The van der Waals surface area contributed by atoms with Crippen molar-refractivity contribution in [2.24, 2.45) is 5.92 Å². The van der Waals surface area contributed by atoms with Gasteiger partial charge in [0.05, 0.1) is 0 Å². The van der Waals surface area contributed by atoms with Gasteiger partial charge in [-0.25, -0.2) is 0 Å². The van der Waals surface area contributed by atoms with E-state index in [1.807, 2.05) is 6.92 Å². The summed E-state index contributed by atoms with van der Waals surface area (Å²) in [5.74, 6) is 0.328. The lowest BCUT2D eigenvalue weighted by molar-refractivity contribution is -0.156. The van der Waals surface area contributed by atoms with Crippen LogP contribution in [0.5, 0.6) is 0 Å². The molecule has 0 saturated carbocycles. The lowest BCUT2D eigenvalue weighted by Gasteiger charge is -2.44. The van der Waals surface area contributed by atoms with Gasteiger partial charge in [0.2, 0.25) is 11.8 Å². The third-order valence-electron chi connectivity index (χ3n) is 3.68. The number of nitrogens with zero attached hydrogens (tertiary/aromatic N) is 1. The third-order valence-corrected chi connectivity index (χ3v) is 3.68. The van der Waals surface area contributed by atoms with E-state index in [4.69, 9.17) is 4.74 Å². The maximum Gasteiger partial charge on any atom is 0.246 e. The zero-order valence-electron chi connectivity index (χ0n) is 13.4. The van der Waals surface area contributed by atoms with E-state index in [-0.39, 0.29) is 17.9 Å². The lowest BCUT2D eigenvalue weighted by atomic mass is 9.92. The van der Waals surface area contributed by atoms with Crippen LogP contribution in [0.25, 0.3) is 0 Å². The number of hydrogen-bond donors (Lipinski definition) is 1. The summed E-state index contributed by atoms with van der Waals surface area (Å²) in [7, 11) is 0. The van der Waals surface area contributed by atoms with E-state index in [1.54, 1.807) is 18.7 Å². The van der Waals surface area contributed by atoms with Crippen molar-refractivity contribution in [1.82, 2.24) is 10.2 Å². The molecule has 0 aliphatic carbocycles. The Morgan fingerprint density at radius 1 is 1.35 bits per heavy atom. The van der Waals surface area contributed by atoms with E-state index in [0.717, 1.165) is 6.42 Å². The Balaban J connectivity index is 2.74. The van der Waals surface area contributed by atoms with Crippen molar-refractivity contribution < 1.29 is 14.3 Å². The molecule has 1 aliphatic heterocycles. The number of carbonyl (C=O) groups excluding carboxylic acids is 2. The summed E-state index contributed by atoms with van der Waals surface area (Å²) in [4.78, 5) is 26.5. The summed E-state index contributed by atoms with van der Waals surface area (Å²) in [5.41, 5.74) is -0.781. The first-order valence-corrected chi connectivity index (χ1v) is 7.50. The van der Waals surface area contributed by atoms with E-state index < -0.39 is 5.54 Å². The number of nitrogens with one attached hydrogen (secondary N) is 1. The molecule has 116 valence electrons. The van der Waals surface area contributed by atoms with Gasteiger partial charge in [-0.3, -0.25) is 9.59 Å². The zero-order valence-corrected chi connectivity index (χ0v) is 13.4. The van der Waals surface area contributed by atoms with Crippen molar-refractivity contribution in [3.8, 4) is 0 Å². The van der Waals surface area contributed by atoms with Gasteiger partial charge in [0.25, 0.3) is 0 Å². The van der Waals surface area contributed by atoms with Crippen LogP contribution in [0.3, 0.4) is 0 Å². The Kier molecular flexibility index (Phi) is 5.99. The highest BCUT2D eigenvalue weighted by Crippen LogP contribution is 2.23. The molecule has 2 amide bonds. The fourth-order valence-corrected chi connectivity index (χ4v) is 2.47. The quantitative estimate of drug-likeness (QED) is 0.722. The normalized spacial score (nSPS) is 22.3. The second-order valence-corrected chi connectivity index (χ2v) is 6.25. The second-order valence-electron chi connectivity index (χ2n) is 6.25.